The molecule has 2 rings (SSSR count). The van der Waals surface area contributed by atoms with Crippen molar-refractivity contribution in [3.8, 4) is 0 Å². The van der Waals surface area contributed by atoms with Crippen LogP contribution in [0.4, 0.5) is 5.82 Å². The highest BCUT2D eigenvalue weighted by molar-refractivity contribution is 7.18. The van der Waals surface area contributed by atoms with Crippen LogP contribution in [0.3, 0.4) is 0 Å². The van der Waals surface area contributed by atoms with Crippen molar-refractivity contribution >= 4 is 39.0 Å². The molecule has 0 aromatic carbocycles. The lowest BCUT2D eigenvalue weighted by Crippen LogP contribution is -2.36. The molecule has 0 N–H and O–H groups in total. The Labute approximate surface area is 128 Å². The summed E-state index contributed by atoms with van der Waals surface area (Å²) in [5, 5.41) is 1.39. The van der Waals surface area contributed by atoms with Crippen LogP contribution in [0.5, 0.6) is 0 Å². The van der Waals surface area contributed by atoms with Gasteiger partial charge >= 0.3 is 0 Å². The SMILES string of the molecule is CCc1cc2c(N(CC)C(C)COC)nc(Cl)nc2s1. The minimum absolute atomic E-state index is 0.240. The minimum Gasteiger partial charge on any atom is -0.383 e. The lowest BCUT2D eigenvalue weighted by atomic mass is 10.2. The zero-order valence-electron chi connectivity index (χ0n) is 12.3. The fraction of sp³-hybridized carbons (Fsp3) is 0.571. The average Bonchev–Trinajstić information content (AvgIpc) is 2.82. The zero-order chi connectivity index (χ0) is 14.7. The van der Waals surface area contributed by atoms with E-state index in [-0.39, 0.29) is 6.04 Å². The molecule has 6 heteroatoms. The maximum Gasteiger partial charge on any atom is 0.225 e. The van der Waals surface area contributed by atoms with E-state index in [4.69, 9.17) is 16.3 Å². The van der Waals surface area contributed by atoms with Crippen molar-refractivity contribution in [1.29, 1.82) is 0 Å². The van der Waals surface area contributed by atoms with Crippen LogP contribution in [0.25, 0.3) is 10.2 Å². The van der Waals surface area contributed by atoms with E-state index < -0.39 is 0 Å². The van der Waals surface area contributed by atoms with Crippen LogP contribution in [0, 0.1) is 0 Å². The summed E-state index contributed by atoms with van der Waals surface area (Å²) in [5.74, 6) is 0.906. The van der Waals surface area contributed by atoms with Gasteiger partial charge in [-0.1, -0.05) is 6.92 Å². The largest absolute Gasteiger partial charge is 0.383 e. The zero-order valence-corrected chi connectivity index (χ0v) is 13.9. The normalized spacial score (nSPS) is 12.8. The maximum atomic E-state index is 6.09. The first-order valence-corrected chi connectivity index (χ1v) is 8.01. The summed E-state index contributed by atoms with van der Waals surface area (Å²) in [4.78, 5) is 13.3. The Morgan fingerprint density at radius 3 is 2.75 bits per heavy atom. The molecule has 0 amide bonds. The number of fused-ring (bicyclic) bond motifs is 1. The lowest BCUT2D eigenvalue weighted by molar-refractivity contribution is 0.182. The topological polar surface area (TPSA) is 38.2 Å². The first-order chi connectivity index (χ1) is 9.60. The highest BCUT2D eigenvalue weighted by atomic mass is 35.5. The Kier molecular flexibility index (Phi) is 5.18. The van der Waals surface area contributed by atoms with Gasteiger partial charge in [0.05, 0.1) is 18.0 Å². The number of aryl methyl sites for hydroxylation is 1. The van der Waals surface area contributed by atoms with Crippen molar-refractivity contribution in [2.75, 3.05) is 25.2 Å². The van der Waals surface area contributed by atoms with Gasteiger partial charge in [-0.05, 0) is 37.9 Å². The highest BCUT2D eigenvalue weighted by Crippen LogP contribution is 2.33. The van der Waals surface area contributed by atoms with Gasteiger partial charge < -0.3 is 9.64 Å². The fourth-order valence-electron chi connectivity index (χ4n) is 2.33. The second-order valence-corrected chi connectivity index (χ2v) is 6.14. The van der Waals surface area contributed by atoms with E-state index in [9.17, 15) is 0 Å². The summed E-state index contributed by atoms with van der Waals surface area (Å²) >= 11 is 7.77. The molecule has 0 spiro atoms. The van der Waals surface area contributed by atoms with Crippen LogP contribution in [0.2, 0.25) is 5.28 Å². The minimum atomic E-state index is 0.240. The number of nitrogens with zero attached hydrogens (tertiary/aromatic N) is 3. The maximum absolute atomic E-state index is 6.09. The number of hydrogen-bond donors (Lipinski definition) is 0. The third kappa shape index (κ3) is 3.05. The van der Waals surface area contributed by atoms with Crippen molar-refractivity contribution in [2.45, 2.75) is 33.2 Å². The smallest absolute Gasteiger partial charge is 0.225 e. The molecule has 0 bridgehead atoms. The molecule has 0 saturated carbocycles. The highest BCUT2D eigenvalue weighted by Gasteiger charge is 2.19. The molecular formula is C14H20ClN3OS. The number of aromatic nitrogens is 2. The number of halogens is 1. The molecule has 1 atom stereocenters. The summed E-state index contributed by atoms with van der Waals surface area (Å²) in [5.41, 5.74) is 0. The van der Waals surface area contributed by atoms with Gasteiger partial charge in [-0.2, -0.15) is 4.98 Å². The van der Waals surface area contributed by atoms with Crippen LogP contribution in [-0.2, 0) is 11.2 Å². The lowest BCUT2D eigenvalue weighted by Gasteiger charge is -2.29. The molecule has 0 aliphatic carbocycles. The van der Waals surface area contributed by atoms with E-state index in [2.05, 4.69) is 41.7 Å². The monoisotopic (exact) mass is 313 g/mol. The molecule has 0 aliphatic heterocycles. The summed E-state index contributed by atoms with van der Waals surface area (Å²) in [6, 6.07) is 2.41. The Hall–Kier alpha value is -0.910. The molecule has 0 radical (unpaired) electrons. The van der Waals surface area contributed by atoms with E-state index in [1.54, 1.807) is 18.4 Å². The molecule has 20 heavy (non-hydrogen) atoms. The first-order valence-electron chi connectivity index (χ1n) is 6.82. The number of likely N-dealkylation sites (N-methyl/N-ethyl adjacent to an activating group) is 1. The molecule has 1 unspecified atom stereocenters. The molecule has 2 heterocycles. The summed E-state index contributed by atoms with van der Waals surface area (Å²) < 4.78 is 5.26. The van der Waals surface area contributed by atoms with E-state index >= 15 is 0 Å². The van der Waals surface area contributed by atoms with Crippen molar-refractivity contribution in [3.05, 3.63) is 16.2 Å². The Morgan fingerprint density at radius 1 is 1.40 bits per heavy atom. The van der Waals surface area contributed by atoms with E-state index in [0.717, 1.165) is 29.0 Å². The van der Waals surface area contributed by atoms with Crippen LogP contribution in [0.1, 0.15) is 25.6 Å². The number of anilines is 1. The van der Waals surface area contributed by atoms with Crippen molar-refractivity contribution in [3.63, 3.8) is 0 Å². The first kappa shape index (κ1) is 15.5. The van der Waals surface area contributed by atoms with Gasteiger partial charge in [0.15, 0.2) is 0 Å². The average molecular weight is 314 g/mol. The van der Waals surface area contributed by atoms with Crippen molar-refractivity contribution in [2.24, 2.45) is 0 Å². The van der Waals surface area contributed by atoms with Gasteiger partial charge in [0.1, 0.15) is 10.6 Å². The van der Waals surface area contributed by atoms with Gasteiger partial charge in [0.25, 0.3) is 0 Å². The quantitative estimate of drug-likeness (QED) is 0.761. The van der Waals surface area contributed by atoms with Gasteiger partial charge in [0, 0.05) is 18.5 Å². The molecule has 0 aliphatic rings. The molecular weight excluding hydrogens is 294 g/mol. The predicted molar refractivity (Wildman–Crippen MR) is 86.2 cm³/mol. The van der Waals surface area contributed by atoms with Gasteiger partial charge in [-0.3, -0.25) is 0 Å². The Bertz CT molecular complexity index is 587. The van der Waals surface area contributed by atoms with Gasteiger partial charge in [0.2, 0.25) is 5.28 Å². The van der Waals surface area contributed by atoms with E-state index in [1.165, 1.54) is 4.88 Å². The molecule has 0 saturated heterocycles. The second-order valence-electron chi connectivity index (χ2n) is 4.69. The fourth-order valence-corrected chi connectivity index (χ4v) is 3.50. The predicted octanol–water partition coefficient (Wildman–Crippen LogP) is 3.77. The van der Waals surface area contributed by atoms with E-state index in [0.29, 0.717) is 11.9 Å². The van der Waals surface area contributed by atoms with Crippen LogP contribution in [0.15, 0.2) is 6.07 Å². The third-order valence-corrected chi connectivity index (χ3v) is 4.64. The summed E-state index contributed by atoms with van der Waals surface area (Å²) in [6.45, 7) is 7.89. The number of hydrogen-bond acceptors (Lipinski definition) is 5. The van der Waals surface area contributed by atoms with Crippen molar-refractivity contribution < 1.29 is 4.74 Å². The number of methoxy groups -OCH3 is 1. The number of thiophene rings is 1. The molecule has 2 aromatic rings. The van der Waals surface area contributed by atoms with Crippen LogP contribution < -0.4 is 4.90 Å². The molecule has 2 aromatic heterocycles. The van der Waals surface area contributed by atoms with Crippen molar-refractivity contribution in [1.82, 2.24) is 9.97 Å². The van der Waals surface area contributed by atoms with Crippen LogP contribution >= 0.6 is 22.9 Å². The number of ether oxygens (including phenoxy) is 1. The summed E-state index contributed by atoms with van der Waals surface area (Å²) in [7, 11) is 1.71. The third-order valence-electron chi connectivity index (χ3n) is 3.30. The van der Waals surface area contributed by atoms with Gasteiger partial charge in [-0.25, -0.2) is 4.98 Å². The standard InChI is InChI=1S/C14H20ClN3OS/c1-5-10-7-11-12(16-14(15)17-13(11)20-10)18(6-2)9(3)8-19-4/h7,9H,5-6,8H2,1-4H3. The van der Waals surface area contributed by atoms with Gasteiger partial charge in [-0.15, -0.1) is 11.3 Å². The molecule has 0 fully saturated rings. The summed E-state index contributed by atoms with van der Waals surface area (Å²) in [6.07, 6.45) is 0.998. The van der Waals surface area contributed by atoms with Crippen LogP contribution in [-0.4, -0.2) is 36.3 Å². The molecule has 4 nitrogen and oxygen atoms in total. The van der Waals surface area contributed by atoms with E-state index in [1.807, 2.05) is 0 Å². The number of rotatable bonds is 6. The Morgan fingerprint density at radius 2 is 2.15 bits per heavy atom. The second kappa shape index (κ2) is 6.70. The Balaban J connectivity index is 2.52. The molecule has 110 valence electrons.